The van der Waals surface area contributed by atoms with Crippen molar-refractivity contribution in [2.75, 3.05) is 19.6 Å². The third-order valence-corrected chi connectivity index (χ3v) is 4.78. The Kier molecular flexibility index (Phi) is 2.46. The summed E-state index contributed by atoms with van der Waals surface area (Å²) in [5.74, 6) is 0. The van der Waals surface area contributed by atoms with Crippen LogP contribution >= 0.6 is 0 Å². The van der Waals surface area contributed by atoms with Crippen molar-refractivity contribution in [2.24, 2.45) is 0 Å². The number of nitrogens with zero attached hydrogens (tertiary/aromatic N) is 2. The number of rotatable bonds is 2. The minimum atomic E-state index is 0.405. The number of hydrogen-bond acceptors (Lipinski definition) is 2. The molecular weight excluding hydrogens is 232 g/mol. The summed E-state index contributed by atoms with van der Waals surface area (Å²) in [6.45, 7) is 3.76. The highest BCUT2D eigenvalue weighted by Gasteiger charge is 2.44. The molecule has 2 aliphatic heterocycles. The summed E-state index contributed by atoms with van der Waals surface area (Å²) in [5.41, 5.74) is 4.12. The summed E-state index contributed by atoms with van der Waals surface area (Å²) in [4.78, 5) is 7.26. The van der Waals surface area contributed by atoms with Gasteiger partial charge in [0.05, 0.1) is 5.69 Å². The van der Waals surface area contributed by atoms with Gasteiger partial charge in [0.25, 0.3) is 0 Å². The summed E-state index contributed by atoms with van der Waals surface area (Å²) in [5, 5.41) is 0. The number of fused-ring (bicyclic) bond motifs is 2. The lowest BCUT2D eigenvalue weighted by Gasteiger charge is -2.25. The molecule has 4 rings (SSSR count). The van der Waals surface area contributed by atoms with Gasteiger partial charge in [0.15, 0.2) is 0 Å². The van der Waals surface area contributed by atoms with E-state index < -0.39 is 0 Å². The maximum absolute atomic E-state index is 4.69. The standard InChI is InChI=1S/C17H18N2/c1-2-4-14(5-3-1)16-7-6-15(12-18-16)17-8-10-19(13-17)11-9-17/h1-7,12H,8-11,13H2. The fourth-order valence-corrected chi connectivity index (χ4v) is 3.59. The lowest BCUT2D eigenvalue weighted by atomic mass is 9.78. The Hall–Kier alpha value is -1.67. The molecule has 2 bridgehead atoms. The minimum Gasteiger partial charge on any atom is -0.302 e. The van der Waals surface area contributed by atoms with E-state index in [4.69, 9.17) is 0 Å². The van der Waals surface area contributed by atoms with E-state index in [0.29, 0.717) is 5.41 Å². The SMILES string of the molecule is c1ccc(-c2ccc(C34CCN(CC3)C4)cn2)cc1. The third-order valence-electron chi connectivity index (χ3n) is 4.78. The highest BCUT2D eigenvalue weighted by molar-refractivity contribution is 5.59. The summed E-state index contributed by atoms with van der Waals surface area (Å²) in [7, 11) is 0. The average molecular weight is 250 g/mol. The van der Waals surface area contributed by atoms with Crippen molar-refractivity contribution in [2.45, 2.75) is 18.3 Å². The summed E-state index contributed by atoms with van der Waals surface area (Å²) in [6, 6.07) is 14.9. The lowest BCUT2D eigenvalue weighted by Crippen LogP contribution is -2.24. The molecule has 0 unspecified atom stereocenters. The molecule has 0 radical (unpaired) electrons. The van der Waals surface area contributed by atoms with Crippen molar-refractivity contribution in [3.8, 4) is 11.3 Å². The van der Waals surface area contributed by atoms with Gasteiger partial charge < -0.3 is 4.90 Å². The molecule has 0 atom stereocenters. The second-order valence-corrected chi connectivity index (χ2v) is 5.85. The first kappa shape index (κ1) is 11.2. The smallest absolute Gasteiger partial charge is 0.0702 e. The maximum atomic E-state index is 4.69. The van der Waals surface area contributed by atoms with Crippen LogP contribution in [0.5, 0.6) is 0 Å². The third kappa shape index (κ3) is 1.79. The predicted molar refractivity (Wildman–Crippen MR) is 77.0 cm³/mol. The normalized spacial score (nSPS) is 28.7. The van der Waals surface area contributed by atoms with E-state index in [-0.39, 0.29) is 0 Å². The van der Waals surface area contributed by atoms with E-state index in [2.05, 4.69) is 52.5 Å². The van der Waals surface area contributed by atoms with Crippen LogP contribution in [-0.4, -0.2) is 29.5 Å². The molecule has 0 saturated carbocycles. The minimum absolute atomic E-state index is 0.405. The van der Waals surface area contributed by atoms with Gasteiger partial charge in [-0.3, -0.25) is 4.98 Å². The molecule has 3 heterocycles. The van der Waals surface area contributed by atoms with Crippen LogP contribution in [0.3, 0.4) is 0 Å². The van der Waals surface area contributed by atoms with Gasteiger partial charge >= 0.3 is 0 Å². The molecule has 0 amide bonds. The fourth-order valence-electron chi connectivity index (χ4n) is 3.59. The van der Waals surface area contributed by atoms with Crippen molar-refractivity contribution in [1.29, 1.82) is 0 Å². The van der Waals surface area contributed by atoms with E-state index in [9.17, 15) is 0 Å². The zero-order valence-electron chi connectivity index (χ0n) is 11.0. The van der Waals surface area contributed by atoms with Crippen LogP contribution in [-0.2, 0) is 5.41 Å². The van der Waals surface area contributed by atoms with Crippen molar-refractivity contribution < 1.29 is 0 Å². The summed E-state index contributed by atoms with van der Waals surface area (Å²) >= 11 is 0. The monoisotopic (exact) mass is 250 g/mol. The van der Waals surface area contributed by atoms with Gasteiger partial charge in [0.2, 0.25) is 0 Å². The number of aromatic nitrogens is 1. The molecule has 19 heavy (non-hydrogen) atoms. The summed E-state index contributed by atoms with van der Waals surface area (Å²) in [6.07, 6.45) is 4.72. The Bertz CT molecular complexity index is 566. The number of hydrogen-bond donors (Lipinski definition) is 0. The Morgan fingerprint density at radius 1 is 0.947 bits per heavy atom. The Morgan fingerprint density at radius 3 is 2.32 bits per heavy atom. The second kappa shape index (κ2) is 4.17. The van der Waals surface area contributed by atoms with Gasteiger partial charge in [-0.15, -0.1) is 0 Å². The van der Waals surface area contributed by atoms with Crippen molar-refractivity contribution in [3.05, 3.63) is 54.2 Å². The topological polar surface area (TPSA) is 16.1 Å². The zero-order chi connectivity index (χ0) is 12.7. The first-order valence-electron chi connectivity index (χ1n) is 7.10. The van der Waals surface area contributed by atoms with Crippen molar-refractivity contribution >= 4 is 0 Å². The molecular formula is C17H18N2. The molecule has 0 N–H and O–H groups in total. The highest BCUT2D eigenvalue weighted by atomic mass is 15.2. The average Bonchev–Trinajstić information content (AvgIpc) is 3.10. The zero-order valence-corrected chi connectivity index (χ0v) is 11.0. The number of benzene rings is 1. The molecule has 0 spiro atoms. The first-order chi connectivity index (χ1) is 9.36. The van der Waals surface area contributed by atoms with E-state index in [1.165, 1.54) is 43.6 Å². The Labute approximate surface area is 114 Å². The quantitative estimate of drug-likeness (QED) is 0.814. The second-order valence-electron chi connectivity index (χ2n) is 5.85. The molecule has 96 valence electrons. The highest BCUT2D eigenvalue weighted by Crippen LogP contribution is 2.42. The Balaban J connectivity index is 1.67. The van der Waals surface area contributed by atoms with E-state index in [0.717, 1.165) is 5.69 Å². The first-order valence-corrected chi connectivity index (χ1v) is 7.10. The molecule has 2 fully saturated rings. The van der Waals surface area contributed by atoms with Crippen LogP contribution in [0.2, 0.25) is 0 Å². The van der Waals surface area contributed by atoms with Gasteiger partial charge in [-0.25, -0.2) is 0 Å². The molecule has 0 aliphatic carbocycles. The molecule has 2 aliphatic rings. The molecule has 1 aromatic heterocycles. The predicted octanol–water partition coefficient (Wildman–Crippen LogP) is 3.10. The fraction of sp³-hybridized carbons (Fsp3) is 0.353. The number of piperidine rings is 1. The van der Waals surface area contributed by atoms with Crippen LogP contribution in [0, 0.1) is 0 Å². The van der Waals surface area contributed by atoms with Crippen LogP contribution in [0.1, 0.15) is 18.4 Å². The van der Waals surface area contributed by atoms with Crippen LogP contribution < -0.4 is 0 Å². The number of pyridine rings is 1. The van der Waals surface area contributed by atoms with Gasteiger partial charge in [-0.2, -0.15) is 0 Å². The van der Waals surface area contributed by atoms with E-state index in [1.807, 2.05) is 6.07 Å². The van der Waals surface area contributed by atoms with Crippen LogP contribution in [0.15, 0.2) is 48.7 Å². The lowest BCUT2D eigenvalue weighted by molar-refractivity contribution is 0.364. The molecule has 2 saturated heterocycles. The molecule has 2 aromatic rings. The molecule has 2 heteroatoms. The summed E-state index contributed by atoms with van der Waals surface area (Å²) < 4.78 is 0. The van der Waals surface area contributed by atoms with E-state index >= 15 is 0 Å². The van der Waals surface area contributed by atoms with Crippen LogP contribution in [0.4, 0.5) is 0 Å². The van der Waals surface area contributed by atoms with E-state index in [1.54, 1.807) is 0 Å². The van der Waals surface area contributed by atoms with Crippen molar-refractivity contribution in [3.63, 3.8) is 0 Å². The van der Waals surface area contributed by atoms with Gasteiger partial charge in [-0.05, 0) is 37.6 Å². The molecule has 1 aromatic carbocycles. The van der Waals surface area contributed by atoms with Gasteiger partial charge in [0.1, 0.15) is 0 Å². The maximum Gasteiger partial charge on any atom is 0.0702 e. The Morgan fingerprint density at radius 2 is 1.74 bits per heavy atom. The largest absolute Gasteiger partial charge is 0.302 e. The van der Waals surface area contributed by atoms with Gasteiger partial charge in [0, 0.05) is 23.7 Å². The van der Waals surface area contributed by atoms with Crippen molar-refractivity contribution in [1.82, 2.24) is 9.88 Å². The van der Waals surface area contributed by atoms with Gasteiger partial charge in [-0.1, -0.05) is 36.4 Å². The van der Waals surface area contributed by atoms with Crippen LogP contribution in [0.25, 0.3) is 11.3 Å². The molecule has 2 nitrogen and oxygen atoms in total.